The molecule has 1 aromatic rings. The Morgan fingerprint density at radius 1 is 1.32 bits per heavy atom. The fourth-order valence-corrected chi connectivity index (χ4v) is 3.90. The molecular weight excluding hydrogens is 380 g/mol. The number of carbonyl (C=O) groups excluding carboxylic acids is 1. The lowest BCUT2D eigenvalue weighted by molar-refractivity contribution is -0.166. The predicted octanol–water partition coefficient (Wildman–Crippen LogP) is 3.45. The number of ether oxygens (including phenoxy) is 3. The first-order valence-corrected chi connectivity index (χ1v) is 9.85. The molecule has 1 aliphatic carbocycles. The van der Waals surface area contributed by atoms with Gasteiger partial charge < -0.3 is 25.3 Å². The van der Waals surface area contributed by atoms with Crippen LogP contribution in [0.2, 0.25) is 0 Å². The molecule has 3 rings (SSSR count). The van der Waals surface area contributed by atoms with Crippen LogP contribution in [-0.4, -0.2) is 43.5 Å². The third-order valence-electron chi connectivity index (χ3n) is 6.13. The second-order valence-electron chi connectivity index (χ2n) is 8.21. The highest BCUT2D eigenvalue weighted by atomic mass is 35.5. The number of hydrogen-bond donors (Lipinski definition) is 2. The van der Waals surface area contributed by atoms with Crippen LogP contribution in [0, 0.1) is 12.3 Å². The summed E-state index contributed by atoms with van der Waals surface area (Å²) in [6.07, 6.45) is 2.54. The molecule has 158 valence electrons. The molecule has 1 heterocycles. The van der Waals surface area contributed by atoms with Crippen molar-refractivity contribution in [1.82, 2.24) is 0 Å². The summed E-state index contributed by atoms with van der Waals surface area (Å²) in [6, 6.07) is 5.72. The first-order valence-electron chi connectivity index (χ1n) is 9.85. The molecule has 0 spiro atoms. The zero-order valence-corrected chi connectivity index (χ0v) is 18.1. The Labute approximate surface area is 173 Å². The van der Waals surface area contributed by atoms with Gasteiger partial charge in [0.15, 0.2) is 0 Å². The van der Waals surface area contributed by atoms with Crippen molar-refractivity contribution in [3.63, 3.8) is 0 Å². The van der Waals surface area contributed by atoms with Crippen molar-refractivity contribution in [3.05, 3.63) is 23.8 Å². The van der Waals surface area contributed by atoms with Crippen LogP contribution in [-0.2, 0) is 14.3 Å². The van der Waals surface area contributed by atoms with Gasteiger partial charge in [0.05, 0.1) is 19.3 Å². The molecular formula is C21H33ClN2O4. The third kappa shape index (κ3) is 4.30. The molecule has 1 amide bonds. The number of hydrogen-bond acceptors (Lipinski definition) is 5. The lowest BCUT2D eigenvalue weighted by Gasteiger charge is -2.57. The van der Waals surface area contributed by atoms with Crippen LogP contribution in [0.25, 0.3) is 0 Å². The van der Waals surface area contributed by atoms with Crippen LogP contribution in [0.4, 0.5) is 5.69 Å². The maximum absolute atomic E-state index is 12.9. The summed E-state index contributed by atoms with van der Waals surface area (Å²) >= 11 is 0. The van der Waals surface area contributed by atoms with Crippen molar-refractivity contribution in [1.29, 1.82) is 0 Å². The van der Waals surface area contributed by atoms with Crippen molar-refractivity contribution in [2.75, 3.05) is 25.1 Å². The summed E-state index contributed by atoms with van der Waals surface area (Å²) in [5, 5.41) is 2.98. The van der Waals surface area contributed by atoms with Crippen molar-refractivity contribution < 1.29 is 19.0 Å². The SMILES string of the molecule is CCOC1CC(N)(C(=O)Nc2ccc(OC3CCOCC3)c(C)c2)C1(C)C.Cl. The summed E-state index contributed by atoms with van der Waals surface area (Å²) in [5.74, 6) is 0.684. The van der Waals surface area contributed by atoms with Gasteiger partial charge in [-0.05, 0) is 37.6 Å². The quantitative estimate of drug-likeness (QED) is 0.747. The van der Waals surface area contributed by atoms with Gasteiger partial charge in [-0.1, -0.05) is 13.8 Å². The maximum atomic E-state index is 12.9. The minimum atomic E-state index is -0.933. The van der Waals surface area contributed by atoms with Crippen LogP contribution in [0.5, 0.6) is 5.75 Å². The fourth-order valence-electron chi connectivity index (χ4n) is 3.90. The number of carbonyl (C=O) groups is 1. The van der Waals surface area contributed by atoms with E-state index in [-0.39, 0.29) is 30.5 Å². The number of halogens is 1. The molecule has 0 bridgehead atoms. The average Bonchev–Trinajstić information content (AvgIpc) is 2.64. The molecule has 0 aromatic heterocycles. The van der Waals surface area contributed by atoms with E-state index in [4.69, 9.17) is 19.9 Å². The molecule has 1 aromatic carbocycles. The molecule has 2 aliphatic rings. The Morgan fingerprint density at radius 3 is 2.57 bits per heavy atom. The monoisotopic (exact) mass is 412 g/mol. The van der Waals surface area contributed by atoms with Crippen LogP contribution in [0.3, 0.4) is 0 Å². The largest absolute Gasteiger partial charge is 0.490 e. The van der Waals surface area contributed by atoms with Crippen LogP contribution in [0.15, 0.2) is 18.2 Å². The molecule has 28 heavy (non-hydrogen) atoms. The summed E-state index contributed by atoms with van der Waals surface area (Å²) in [6.45, 7) is 10.0. The normalized spacial score (nSPS) is 26.7. The molecule has 1 saturated heterocycles. The zero-order valence-electron chi connectivity index (χ0n) is 17.2. The Hall–Kier alpha value is -1.34. The van der Waals surface area contributed by atoms with Gasteiger partial charge in [0, 0.05) is 37.0 Å². The molecule has 2 atom stereocenters. The van der Waals surface area contributed by atoms with Gasteiger partial charge in [-0.25, -0.2) is 0 Å². The summed E-state index contributed by atoms with van der Waals surface area (Å²) < 4.78 is 17.2. The van der Waals surface area contributed by atoms with Crippen molar-refractivity contribution >= 4 is 24.0 Å². The first-order chi connectivity index (χ1) is 12.8. The lowest BCUT2D eigenvalue weighted by Crippen LogP contribution is -2.74. The Kier molecular flexibility index (Phi) is 7.37. The predicted molar refractivity (Wildman–Crippen MR) is 112 cm³/mol. The van der Waals surface area contributed by atoms with Crippen LogP contribution >= 0.6 is 12.4 Å². The van der Waals surface area contributed by atoms with Gasteiger partial charge in [-0.2, -0.15) is 0 Å². The van der Waals surface area contributed by atoms with Crippen molar-refractivity contribution in [3.8, 4) is 5.75 Å². The molecule has 6 nitrogen and oxygen atoms in total. The second-order valence-corrected chi connectivity index (χ2v) is 8.21. The highest BCUT2D eigenvalue weighted by Gasteiger charge is 2.62. The minimum absolute atomic E-state index is 0. The third-order valence-corrected chi connectivity index (χ3v) is 6.13. The van der Waals surface area contributed by atoms with E-state index in [1.807, 2.05) is 45.9 Å². The molecule has 1 saturated carbocycles. The van der Waals surface area contributed by atoms with E-state index in [1.165, 1.54) is 0 Å². The number of rotatable bonds is 6. The standard InChI is InChI=1S/C21H32N2O4.ClH/c1-5-26-18-13-21(22,20(18,3)4)19(24)23-15-6-7-17(14(2)12-15)27-16-8-10-25-11-9-16;/h6-7,12,16,18H,5,8-11,13,22H2,1-4H3,(H,23,24);1H. The van der Waals surface area contributed by atoms with E-state index in [1.54, 1.807) is 0 Å². The number of amides is 1. The van der Waals surface area contributed by atoms with Crippen LogP contribution < -0.4 is 15.8 Å². The fraction of sp³-hybridized carbons (Fsp3) is 0.667. The Balaban J connectivity index is 0.00000280. The minimum Gasteiger partial charge on any atom is -0.490 e. The first kappa shape index (κ1) is 22.9. The highest BCUT2D eigenvalue weighted by Crippen LogP contribution is 2.50. The van der Waals surface area contributed by atoms with Crippen LogP contribution in [0.1, 0.15) is 45.6 Å². The van der Waals surface area contributed by atoms with Gasteiger partial charge in [0.2, 0.25) is 5.91 Å². The summed E-state index contributed by atoms with van der Waals surface area (Å²) in [4.78, 5) is 12.9. The summed E-state index contributed by atoms with van der Waals surface area (Å²) in [7, 11) is 0. The molecule has 0 radical (unpaired) electrons. The topological polar surface area (TPSA) is 82.8 Å². The van der Waals surface area contributed by atoms with Gasteiger partial charge in [0.1, 0.15) is 17.4 Å². The number of benzene rings is 1. The number of aryl methyl sites for hydroxylation is 1. The molecule has 7 heteroatoms. The Morgan fingerprint density at radius 2 is 2.00 bits per heavy atom. The van der Waals surface area contributed by atoms with Gasteiger partial charge in [-0.15, -0.1) is 12.4 Å². The summed E-state index contributed by atoms with van der Waals surface area (Å²) in [5.41, 5.74) is 6.84. The maximum Gasteiger partial charge on any atom is 0.245 e. The van der Waals surface area contributed by atoms with E-state index in [0.29, 0.717) is 13.0 Å². The molecule has 2 unspecified atom stereocenters. The Bertz CT molecular complexity index is 691. The van der Waals surface area contributed by atoms with Gasteiger partial charge >= 0.3 is 0 Å². The van der Waals surface area contributed by atoms with E-state index in [0.717, 1.165) is 43.1 Å². The second kappa shape index (κ2) is 8.99. The zero-order chi connectivity index (χ0) is 19.7. The molecule has 1 aliphatic heterocycles. The smallest absolute Gasteiger partial charge is 0.245 e. The van der Waals surface area contributed by atoms with E-state index < -0.39 is 11.0 Å². The number of nitrogens with one attached hydrogen (secondary N) is 1. The van der Waals surface area contributed by atoms with E-state index in [9.17, 15) is 4.79 Å². The molecule has 3 N–H and O–H groups in total. The highest BCUT2D eigenvalue weighted by molar-refractivity contribution is 5.99. The van der Waals surface area contributed by atoms with Crippen molar-refractivity contribution in [2.45, 2.75) is 64.7 Å². The number of anilines is 1. The number of nitrogens with two attached hydrogens (primary N) is 1. The van der Waals surface area contributed by atoms with E-state index in [2.05, 4.69) is 5.32 Å². The molecule has 2 fully saturated rings. The van der Waals surface area contributed by atoms with Crippen molar-refractivity contribution in [2.24, 2.45) is 11.1 Å². The van der Waals surface area contributed by atoms with E-state index >= 15 is 0 Å². The lowest BCUT2D eigenvalue weighted by atomic mass is 9.54. The van der Waals surface area contributed by atoms with Gasteiger partial charge in [-0.3, -0.25) is 4.79 Å². The van der Waals surface area contributed by atoms with Gasteiger partial charge in [0.25, 0.3) is 0 Å². The average molecular weight is 413 g/mol.